The molecule has 0 aromatic heterocycles. The lowest BCUT2D eigenvalue weighted by Gasteiger charge is -2.46. The van der Waals surface area contributed by atoms with Crippen molar-refractivity contribution < 1.29 is 108 Å². The first-order valence-electron chi connectivity index (χ1n) is 29.3. The van der Waals surface area contributed by atoms with Gasteiger partial charge in [-0.2, -0.15) is 0 Å². The van der Waals surface area contributed by atoms with Crippen molar-refractivity contribution in [1.29, 1.82) is 0 Å². The smallest absolute Gasteiger partial charge is 0.187 e. The highest BCUT2D eigenvalue weighted by atomic mass is 16.8. The standard InChI is InChI=1S/2C25H50N6O11/c2*1-2-8(27)12-4-3-9(28)23(37-12)40-20-11(30)5-10(29)16(33)22(20)42-25-19(36)21(14(7-32)39-25)41-24-15(31)18(35)17(34)13(6-26)38-24/h2*8-25,32-36H,2-7,26-31H2,1H3/t8-,9+,10+,11-,12-,13-,14+,15?,16-,17+,18+,19+,20+,21+,22+,23+,24+,25-;8-,9-,10-,11+,12+,13+,14-,15-,16+,17-,18-,19-,20-,21-,22-,23-,24-,25+/m01/s1. The highest BCUT2D eigenvalue weighted by Gasteiger charge is 2.56. The van der Waals surface area contributed by atoms with E-state index in [-0.39, 0.29) is 50.2 Å². The molecule has 34 heteroatoms. The Bertz CT molecular complexity index is 1840. The fourth-order valence-electron chi connectivity index (χ4n) is 12.0. The predicted octanol–water partition coefficient (Wildman–Crippen LogP) is -12.1. The molecule has 0 aromatic carbocycles. The minimum absolute atomic E-state index is 0.134. The van der Waals surface area contributed by atoms with Crippen LogP contribution in [0.2, 0.25) is 0 Å². The van der Waals surface area contributed by atoms with Gasteiger partial charge in [0, 0.05) is 49.3 Å². The van der Waals surface area contributed by atoms with Gasteiger partial charge in [-0.1, -0.05) is 13.8 Å². The van der Waals surface area contributed by atoms with Crippen LogP contribution in [-0.2, 0) is 56.8 Å². The Morgan fingerprint density at radius 3 is 1.00 bits per heavy atom. The Balaban J connectivity index is 0.000000241. The minimum atomic E-state index is -1.53. The zero-order valence-corrected chi connectivity index (χ0v) is 47.6. The van der Waals surface area contributed by atoms with Gasteiger partial charge in [0.25, 0.3) is 0 Å². The molecule has 34 nitrogen and oxygen atoms in total. The van der Waals surface area contributed by atoms with E-state index < -0.39 is 209 Å². The van der Waals surface area contributed by atoms with Gasteiger partial charge >= 0.3 is 0 Å². The zero-order valence-electron chi connectivity index (χ0n) is 47.6. The summed E-state index contributed by atoms with van der Waals surface area (Å²) in [5.74, 6) is 0. The van der Waals surface area contributed by atoms with Gasteiger partial charge in [0.2, 0.25) is 0 Å². The third-order valence-corrected chi connectivity index (χ3v) is 17.6. The fourth-order valence-corrected chi connectivity index (χ4v) is 12.0. The maximum atomic E-state index is 11.2. The second kappa shape index (κ2) is 31.1. The minimum Gasteiger partial charge on any atom is -0.394 e. The molecular formula is C50H100N12O22. The van der Waals surface area contributed by atoms with Crippen molar-refractivity contribution in [2.75, 3.05) is 26.3 Å². The lowest BCUT2D eigenvalue weighted by molar-refractivity contribution is -0.290. The Labute approximate surface area is 487 Å². The second-order valence-electron chi connectivity index (χ2n) is 23.5. The van der Waals surface area contributed by atoms with Crippen LogP contribution in [0.25, 0.3) is 0 Å². The van der Waals surface area contributed by atoms with Crippen molar-refractivity contribution in [2.24, 2.45) is 68.8 Å². The molecule has 6 saturated heterocycles. The molecule has 0 radical (unpaired) electrons. The molecule has 2 saturated carbocycles. The van der Waals surface area contributed by atoms with E-state index in [2.05, 4.69) is 0 Å². The van der Waals surface area contributed by atoms with Gasteiger partial charge in [0.1, 0.15) is 97.7 Å². The van der Waals surface area contributed by atoms with Gasteiger partial charge in [-0.25, -0.2) is 0 Å². The van der Waals surface area contributed by atoms with Gasteiger partial charge < -0.3 is 177 Å². The molecule has 0 aromatic rings. The topological polar surface area (TPSA) is 625 Å². The van der Waals surface area contributed by atoms with Crippen LogP contribution in [0, 0.1) is 0 Å². The summed E-state index contributed by atoms with van der Waals surface area (Å²) < 4.78 is 71.2. The van der Waals surface area contributed by atoms with Crippen LogP contribution in [0.15, 0.2) is 0 Å². The number of ether oxygens (including phenoxy) is 12. The average molecular weight is 1220 g/mol. The monoisotopic (exact) mass is 1220 g/mol. The van der Waals surface area contributed by atoms with Crippen LogP contribution in [0.1, 0.15) is 65.2 Å². The van der Waals surface area contributed by atoms with E-state index in [0.29, 0.717) is 38.5 Å². The van der Waals surface area contributed by atoms with E-state index in [1.54, 1.807) is 0 Å². The summed E-state index contributed by atoms with van der Waals surface area (Å²) in [6, 6.07) is -6.74. The van der Waals surface area contributed by atoms with E-state index in [9.17, 15) is 51.1 Å². The summed E-state index contributed by atoms with van der Waals surface area (Å²) in [7, 11) is 0. The van der Waals surface area contributed by atoms with Gasteiger partial charge in [0.15, 0.2) is 37.7 Å². The SMILES string of the molecule is CC[C@@H](N)[C@@H]1CC[C@@H](N)[C@@H](O[C@H]2[C@H](O[C@@H]3O[C@H](CO)[C@@H](O[C@H]4O[C@@H](CN)[C@@H](O)[C@H](O)[C@H]4N)[C@H]3O)[C@@H](O)[C@H](N)C[C@@H]2N)O1.CC[C@H](N)[C@@H]1CC[C@@H](N)[C@@H](O[C@H]2[C@H](O[C@@H]3O[C@H](CO)[C@@H](O[C@H]4O[C@@H](CN)[C@@H](O)[C@H](O)C4N)[C@H]3O)[C@@H](O)[C@H](N)C[C@@H]2N)O1. The highest BCUT2D eigenvalue weighted by molar-refractivity contribution is 5.04. The van der Waals surface area contributed by atoms with Crippen LogP contribution in [0.4, 0.5) is 0 Å². The van der Waals surface area contributed by atoms with Crippen LogP contribution >= 0.6 is 0 Å². The summed E-state index contributed by atoms with van der Waals surface area (Å²) in [4.78, 5) is 0. The van der Waals surface area contributed by atoms with E-state index in [0.717, 1.165) is 0 Å². The second-order valence-corrected chi connectivity index (χ2v) is 23.5. The lowest BCUT2D eigenvalue weighted by Crippen LogP contribution is -2.65. The summed E-state index contributed by atoms with van der Waals surface area (Å²) in [5.41, 5.74) is 73.4. The van der Waals surface area contributed by atoms with Gasteiger partial charge in [0.05, 0.1) is 61.8 Å². The van der Waals surface area contributed by atoms with E-state index in [1.165, 1.54) is 0 Å². The molecule has 6 aliphatic heterocycles. The first kappa shape index (κ1) is 70.1. The summed E-state index contributed by atoms with van der Waals surface area (Å²) in [6.07, 6.45) is -25.6. The van der Waals surface area contributed by atoms with Crippen molar-refractivity contribution in [3.8, 4) is 0 Å². The first-order chi connectivity index (χ1) is 39.8. The molecule has 492 valence electrons. The summed E-state index contributed by atoms with van der Waals surface area (Å²) >= 11 is 0. The molecule has 8 fully saturated rings. The molecule has 6 heterocycles. The van der Waals surface area contributed by atoms with Crippen LogP contribution < -0.4 is 68.8 Å². The van der Waals surface area contributed by atoms with Crippen molar-refractivity contribution in [3.05, 3.63) is 0 Å². The molecule has 2 aliphatic carbocycles. The molecular weight excluding hydrogens is 1120 g/mol. The van der Waals surface area contributed by atoms with Gasteiger partial charge in [-0.15, -0.1) is 0 Å². The highest BCUT2D eigenvalue weighted by Crippen LogP contribution is 2.37. The third-order valence-electron chi connectivity index (χ3n) is 17.6. The molecule has 1 unspecified atom stereocenters. The fraction of sp³-hybridized carbons (Fsp3) is 1.00. The Morgan fingerprint density at radius 1 is 0.357 bits per heavy atom. The molecule has 0 amide bonds. The molecule has 84 heavy (non-hydrogen) atoms. The lowest BCUT2D eigenvalue weighted by atomic mass is 9.84. The number of rotatable bonds is 20. The number of aliphatic hydroxyl groups is 10. The van der Waals surface area contributed by atoms with Crippen LogP contribution in [0.5, 0.6) is 0 Å². The van der Waals surface area contributed by atoms with E-state index in [1.807, 2.05) is 13.8 Å². The zero-order chi connectivity index (χ0) is 61.8. The van der Waals surface area contributed by atoms with E-state index >= 15 is 0 Å². The molecule has 34 N–H and O–H groups in total. The quantitative estimate of drug-likeness (QED) is 0.0538. The molecule has 8 aliphatic rings. The largest absolute Gasteiger partial charge is 0.394 e. The summed E-state index contributed by atoms with van der Waals surface area (Å²) in [5, 5.41) is 105. The van der Waals surface area contributed by atoms with Crippen LogP contribution in [0.3, 0.4) is 0 Å². The molecule has 8 rings (SSSR count). The molecule has 0 bridgehead atoms. The Hall–Kier alpha value is -1.36. The summed E-state index contributed by atoms with van der Waals surface area (Å²) in [6.45, 7) is 2.46. The normalized spacial score (nSPS) is 51.0. The van der Waals surface area contributed by atoms with Crippen molar-refractivity contribution in [3.63, 3.8) is 0 Å². The van der Waals surface area contributed by atoms with Crippen molar-refractivity contribution in [2.45, 2.75) is 285 Å². The van der Waals surface area contributed by atoms with Gasteiger partial charge in [-0.05, 0) is 51.4 Å². The molecule has 0 spiro atoms. The predicted molar refractivity (Wildman–Crippen MR) is 290 cm³/mol. The number of hydrogen-bond donors (Lipinski definition) is 22. The number of nitrogens with two attached hydrogens (primary N) is 12. The average Bonchev–Trinajstić information content (AvgIpc) is 3.68. The maximum Gasteiger partial charge on any atom is 0.187 e. The Morgan fingerprint density at radius 2 is 0.679 bits per heavy atom. The van der Waals surface area contributed by atoms with Crippen molar-refractivity contribution in [1.82, 2.24) is 0 Å². The van der Waals surface area contributed by atoms with Crippen LogP contribution in [-0.4, -0.2) is 298 Å². The third kappa shape index (κ3) is 15.7. The van der Waals surface area contributed by atoms with Crippen molar-refractivity contribution >= 4 is 0 Å². The van der Waals surface area contributed by atoms with E-state index in [4.69, 9.17) is 126 Å². The molecule has 36 atom stereocenters. The maximum absolute atomic E-state index is 11.2. The Kier molecular flexibility index (Phi) is 26.0. The number of hydrogen-bond acceptors (Lipinski definition) is 34. The first-order valence-corrected chi connectivity index (χ1v) is 29.3. The number of aliphatic hydroxyl groups excluding tert-OH is 10. The van der Waals surface area contributed by atoms with Gasteiger partial charge in [-0.3, -0.25) is 0 Å².